The molecule has 96 valence electrons. The summed E-state index contributed by atoms with van der Waals surface area (Å²) >= 11 is 6.11. The van der Waals surface area contributed by atoms with Gasteiger partial charge in [0, 0.05) is 20.1 Å². The van der Waals surface area contributed by atoms with Gasteiger partial charge in [-0.25, -0.2) is 0 Å². The number of aromatic nitrogens is 2. The molecule has 5 nitrogen and oxygen atoms in total. The van der Waals surface area contributed by atoms with Crippen molar-refractivity contribution in [2.24, 2.45) is 7.05 Å². The highest BCUT2D eigenvalue weighted by molar-refractivity contribution is 6.31. The van der Waals surface area contributed by atoms with Crippen LogP contribution in [0.2, 0.25) is 5.02 Å². The fourth-order valence-corrected chi connectivity index (χ4v) is 1.77. The van der Waals surface area contributed by atoms with Crippen LogP contribution in [0.1, 0.15) is 25.2 Å². The highest BCUT2D eigenvalue weighted by Crippen LogP contribution is 2.18. The minimum Gasteiger partial charge on any atom is -0.355 e. The smallest absolute Gasteiger partial charge is 0.236 e. The highest BCUT2D eigenvalue weighted by Gasteiger charge is 2.15. The number of carbonyl (C=O) groups excluding carboxylic acids is 1. The average Bonchev–Trinajstić information content (AvgIpc) is 2.51. The molecule has 6 heteroatoms. The van der Waals surface area contributed by atoms with Gasteiger partial charge in [-0.3, -0.25) is 9.48 Å². The van der Waals surface area contributed by atoms with Gasteiger partial charge in [0.05, 0.1) is 22.5 Å². The van der Waals surface area contributed by atoms with Gasteiger partial charge < -0.3 is 10.6 Å². The van der Waals surface area contributed by atoms with Crippen molar-refractivity contribution in [2.45, 2.75) is 33.4 Å². The van der Waals surface area contributed by atoms with Crippen molar-refractivity contribution in [3.8, 4) is 0 Å². The van der Waals surface area contributed by atoms with Gasteiger partial charge in [-0.1, -0.05) is 11.6 Å². The highest BCUT2D eigenvalue weighted by atomic mass is 35.5. The predicted molar refractivity (Wildman–Crippen MR) is 67.9 cm³/mol. The Morgan fingerprint density at radius 3 is 2.71 bits per heavy atom. The first kappa shape index (κ1) is 14.0. The van der Waals surface area contributed by atoms with Crippen LogP contribution in [0.3, 0.4) is 0 Å². The van der Waals surface area contributed by atoms with Crippen LogP contribution < -0.4 is 10.6 Å². The van der Waals surface area contributed by atoms with Crippen molar-refractivity contribution < 1.29 is 4.79 Å². The second kappa shape index (κ2) is 6.02. The molecule has 0 fully saturated rings. The van der Waals surface area contributed by atoms with E-state index in [2.05, 4.69) is 15.7 Å². The SMILES string of the molecule is CCNC(=O)C(C)NCc1c(Cl)c(C)nn1C. The molecule has 0 aliphatic heterocycles. The molecule has 1 aromatic rings. The molecule has 0 saturated heterocycles. The predicted octanol–water partition coefficient (Wildman–Crippen LogP) is 0.996. The molecule has 0 aliphatic rings. The van der Waals surface area contributed by atoms with Gasteiger partial charge in [0.25, 0.3) is 0 Å². The zero-order valence-electron chi connectivity index (χ0n) is 10.7. The van der Waals surface area contributed by atoms with E-state index >= 15 is 0 Å². The zero-order chi connectivity index (χ0) is 13.0. The first-order valence-electron chi connectivity index (χ1n) is 5.66. The van der Waals surface area contributed by atoms with Gasteiger partial charge in [-0.2, -0.15) is 5.10 Å². The Bertz CT molecular complexity index is 402. The van der Waals surface area contributed by atoms with Gasteiger partial charge in [-0.05, 0) is 20.8 Å². The monoisotopic (exact) mass is 258 g/mol. The van der Waals surface area contributed by atoms with E-state index < -0.39 is 0 Å². The van der Waals surface area contributed by atoms with E-state index in [4.69, 9.17) is 11.6 Å². The Kier molecular flexibility index (Phi) is 4.96. The summed E-state index contributed by atoms with van der Waals surface area (Å²) in [6, 6.07) is -0.249. The van der Waals surface area contributed by atoms with E-state index in [0.29, 0.717) is 18.1 Å². The Morgan fingerprint density at radius 2 is 2.24 bits per heavy atom. The lowest BCUT2D eigenvalue weighted by Crippen LogP contribution is -2.41. The zero-order valence-corrected chi connectivity index (χ0v) is 11.4. The third-order valence-electron chi connectivity index (χ3n) is 2.58. The lowest BCUT2D eigenvalue weighted by Gasteiger charge is -2.13. The second-order valence-corrected chi connectivity index (χ2v) is 4.34. The molecule has 0 radical (unpaired) electrons. The van der Waals surface area contributed by atoms with Crippen LogP contribution in [-0.2, 0) is 18.4 Å². The van der Waals surface area contributed by atoms with Crippen molar-refractivity contribution in [1.82, 2.24) is 20.4 Å². The molecule has 2 N–H and O–H groups in total. The summed E-state index contributed by atoms with van der Waals surface area (Å²) in [5.41, 5.74) is 1.69. The maximum absolute atomic E-state index is 11.5. The summed E-state index contributed by atoms with van der Waals surface area (Å²) < 4.78 is 1.73. The molecule has 0 aliphatic carbocycles. The molecule has 0 aromatic carbocycles. The van der Waals surface area contributed by atoms with Gasteiger partial charge in [0.15, 0.2) is 0 Å². The topological polar surface area (TPSA) is 59.0 Å². The Balaban J connectivity index is 2.58. The molecule has 1 unspecified atom stereocenters. The number of hydrogen-bond donors (Lipinski definition) is 2. The number of rotatable bonds is 5. The summed E-state index contributed by atoms with van der Waals surface area (Å²) in [5, 5.41) is 10.7. The second-order valence-electron chi connectivity index (χ2n) is 3.97. The van der Waals surface area contributed by atoms with Gasteiger partial charge in [0.2, 0.25) is 5.91 Å². The van der Waals surface area contributed by atoms with Crippen molar-refractivity contribution in [3.63, 3.8) is 0 Å². The normalized spacial score (nSPS) is 12.5. The molecule has 17 heavy (non-hydrogen) atoms. The van der Waals surface area contributed by atoms with Crippen molar-refractivity contribution in [2.75, 3.05) is 6.54 Å². The molecule has 0 spiro atoms. The van der Waals surface area contributed by atoms with E-state index in [1.807, 2.05) is 27.8 Å². The fourth-order valence-electron chi connectivity index (χ4n) is 1.54. The molecule has 1 amide bonds. The molecule has 1 rings (SSSR count). The molecule has 0 saturated carbocycles. The number of aryl methyl sites for hydroxylation is 2. The van der Waals surface area contributed by atoms with Crippen molar-refractivity contribution in [3.05, 3.63) is 16.4 Å². The number of carbonyl (C=O) groups is 1. The van der Waals surface area contributed by atoms with Crippen LogP contribution in [0.5, 0.6) is 0 Å². The first-order chi connectivity index (χ1) is 7.97. The Hall–Kier alpha value is -1.07. The summed E-state index contributed by atoms with van der Waals surface area (Å²) in [5.74, 6) is -0.0116. The van der Waals surface area contributed by atoms with Gasteiger partial charge >= 0.3 is 0 Å². The molecule has 1 heterocycles. The van der Waals surface area contributed by atoms with Gasteiger partial charge in [0.1, 0.15) is 0 Å². The first-order valence-corrected chi connectivity index (χ1v) is 6.04. The van der Waals surface area contributed by atoms with E-state index in [0.717, 1.165) is 11.4 Å². The number of nitrogens with one attached hydrogen (secondary N) is 2. The average molecular weight is 259 g/mol. The van der Waals surface area contributed by atoms with Crippen LogP contribution in [-0.4, -0.2) is 28.3 Å². The largest absolute Gasteiger partial charge is 0.355 e. The standard InChI is InChI=1S/C11H19ClN4O/c1-5-13-11(17)8(3)14-6-9-10(12)7(2)15-16(9)4/h8,14H,5-6H2,1-4H3,(H,13,17). The fraction of sp³-hybridized carbons (Fsp3) is 0.636. The third-order valence-corrected chi connectivity index (χ3v) is 3.07. The van der Waals surface area contributed by atoms with E-state index in [9.17, 15) is 4.79 Å². The summed E-state index contributed by atoms with van der Waals surface area (Å²) in [4.78, 5) is 11.5. The van der Waals surface area contributed by atoms with Crippen molar-refractivity contribution >= 4 is 17.5 Å². The Labute approximate surface area is 107 Å². The summed E-state index contributed by atoms with van der Waals surface area (Å²) in [7, 11) is 1.84. The quantitative estimate of drug-likeness (QED) is 0.828. The number of hydrogen-bond acceptors (Lipinski definition) is 3. The molecule has 1 aromatic heterocycles. The maximum atomic E-state index is 11.5. The minimum absolute atomic E-state index is 0.0116. The summed E-state index contributed by atoms with van der Waals surface area (Å²) in [6.07, 6.45) is 0. The molecule has 1 atom stereocenters. The van der Waals surface area contributed by atoms with Crippen molar-refractivity contribution in [1.29, 1.82) is 0 Å². The number of amides is 1. The molecular formula is C11H19ClN4O. The maximum Gasteiger partial charge on any atom is 0.236 e. The van der Waals surface area contributed by atoms with E-state index in [1.165, 1.54) is 0 Å². The Morgan fingerprint density at radius 1 is 1.59 bits per heavy atom. The molecule has 0 bridgehead atoms. The number of halogens is 1. The van der Waals surface area contributed by atoms with E-state index in [1.54, 1.807) is 4.68 Å². The number of likely N-dealkylation sites (N-methyl/N-ethyl adjacent to an activating group) is 1. The van der Waals surface area contributed by atoms with Crippen LogP contribution >= 0.6 is 11.6 Å². The summed E-state index contributed by atoms with van der Waals surface area (Å²) in [6.45, 7) is 6.73. The van der Waals surface area contributed by atoms with Crippen LogP contribution in [0.15, 0.2) is 0 Å². The van der Waals surface area contributed by atoms with Gasteiger partial charge in [-0.15, -0.1) is 0 Å². The van der Waals surface area contributed by atoms with E-state index in [-0.39, 0.29) is 11.9 Å². The number of nitrogens with zero attached hydrogens (tertiary/aromatic N) is 2. The molecular weight excluding hydrogens is 240 g/mol. The lowest BCUT2D eigenvalue weighted by molar-refractivity contribution is -0.122. The third kappa shape index (κ3) is 3.44. The van der Waals surface area contributed by atoms with Crippen LogP contribution in [0, 0.1) is 6.92 Å². The lowest BCUT2D eigenvalue weighted by atomic mass is 10.3. The van der Waals surface area contributed by atoms with Crippen LogP contribution in [0.4, 0.5) is 0 Å². The van der Waals surface area contributed by atoms with Crippen LogP contribution in [0.25, 0.3) is 0 Å². The minimum atomic E-state index is -0.249.